The van der Waals surface area contributed by atoms with Crippen LogP contribution < -0.4 is 20.7 Å². The summed E-state index contributed by atoms with van der Waals surface area (Å²) in [4.78, 5) is 22.1. The Morgan fingerprint density at radius 1 is 1.26 bits per heavy atom. The van der Waals surface area contributed by atoms with Crippen LogP contribution in [0.15, 0.2) is 54.9 Å². The lowest BCUT2D eigenvalue weighted by Crippen LogP contribution is -2.35. The molecule has 1 aliphatic rings. The van der Waals surface area contributed by atoms with E-state index in [1.165, 1.54) is 29.8 Å². The van der Waals surface area contributed by atoms with Gasteiger partial charge in [0, 0.05) is 24.7 Å². The van der Waals surface area contributed by atoms with Crippen molar-refractivity contribution in [2.24, 2.45) is 0 Å². The van der Waals surface area contributed by atoms with Crippen molar-refractivity contribution < 1.29 is 13.9 Å². The summed E-state index contributed by atoms with van der Waals surface area (Å²) in [6.45, 7) is 2.77. The van der Waals surface area contributed by atoms with Gasteiger partial charge in [0.25, 0.3) is 0 Å². The molecule has 0 aliphatic carbocycles. The smallest absolute Gasteiger partial charge is 0.219 e. The third-order valence-corrected chi connectivity index (χ3v) is 7.25. The van der Waals surface area contributed by atoms with E-state index < -0.39 is 0 Å². The number of carbonyl (C=O) groups is 1. The van der Waals surface area contributed by atoms with E-state index in [9.17, 15) is 9.18 Å². The number of rotatable bonds is 7. The van der Waals surface area contributed by atoms with Crippen LogP contribution in [0.25, 0.3) is 10.2 Å². The Balaban J connectivity index is 1.25. The first kappa shape index (κ1) is 25.9. The Kier molecular flexibility index (Phi) is 8.03. The molecule has 1 amide bonds. The third kappa shape index (κ3) is 6.40. The zero-order valence-electron chi connectivity index (χ0n) is 20.6. The Morgan fingerprint density at radius 3 is 2.97 bits per heavy atom. The van der Waals surface area contributed by atoms with Crippen LogP contribution in [0, 0.1) is 17.7 Å². The lowest BCUT2D eigenvalue weighted by molar-refractivity contribution is -0.121. The summed E-state index contributed by atoms with van der Waals surface area (Å²) in [6, 6.07) is 13.7. The van der Waals surface area contributed by atoms with Gasteiger partial charge in [0.1, 0.15) is 35.1 Å². The van der Waals surface area contributed by atoms with Crippen molar-refractivity contribution in [2.45, 2.75) is 38.5 Å². The van der Waals surface area contributed by atoms with E-state index in [4.69, 9.17) is 16.3 Å². The van der Waals surface area contributed by atoms with Crippen LogP contribution >= 0.6 is 22.9 Å². The van der Waals surface area contributed by atoms with Gasteiger partial charge < -0.3 is 20.7 Å². The first-order chi connectivity index (χ1) is 18.5. The first-order valence-corrected chi connectivity index (χ1v) is 13.4. The van der Waals surface area contributed by atoms with Crippen molar-refractivity contribution in [3.63, 3.8) is 0 Å². The molecule has 0 bridgehead atoms. The molecule has 4 aromatic rings. The van der Waals surface area contributed by atoms with Crippen LogP contribution in [0.5, 0.6) is 5.75 Å². The lowest BCUT2D eigenvalue weighted by atomic mass is 10.1. The zero-order chi connectivity index (χ0) is 26.5. The fourth-order valence-electron chi connectivity index (χ4n) is 4.08. The summed E-state index contributed by atoms with van der Waals surface area (Å²) >= 11 is 7.94. The van der Waals surface area contributed by atoms with Gasteiger partial charge in [0.15, 0.2) is 0 Å². The second-order valence-electron chi connectivity index (χ2n) is 8.82. The number of carbonyl (C=O) groups excluding carboxylic acids is 1. The average molecular weight is 550 g/mol. The molecular weight excluding hydrogens is 525 g/mol. The van der Waals surface area contributed by atoms with Crippen LogP contribution in [0.1, 0.15) is 30.2 Å². The number of anilines is 2. The topological polar surface area (TPSA) is 88.2 Å². The molecule has 0 unspecified atom stereocenters. The molecule has 1 aliphatic heterocycles. The van der Waals surface area contributed by atoms with Crippen molar-refractivity contribution >= 4 is 50.6 Å². The Hall–Kier alpha value is -3.71. The van der Waals surface area contributed by atoms with Crippen LogP contribution in [-0.2, 0) is 11.4 Å². The van der Waals surface area contributed by atoms with E-state index in [1.807, 2.05) is 19.1 Å². The number of nitrogens with zero attached hydrogens (tertiary/aromatic N) is 2. The molecule has 1 saturated heterocycles. The monoisotopic (exact) mass is 549 g/mol. The number of ether oxygens (including phenoxy) is 1. The van der Waals surface area contributed by atoms with Crippen LogP contribution in [-0.4, -0.2) is 34.5 Å². The molecular formula is C28H25ClFN5O2S. The Bertz CT molecular complexity index is 1530. The molecule has 0 spiro atoms. The molecule has 10 heteroatoms. The maximum absolute atomic E-state index is 13.4. The van der Waals surface area contributed by atoms with E-state index in [-0.39, 0.29) is 30.4 Å². The summed E-state index contributed by atoms with van der Waals surface area (Å²) in [5.74, 6) is 7.40. The third-order valence-electron chi connectivity index (χ3n) is 5.99. The lowest BCUT2D eigenvalue weighted by Gasteiger charge is -2.11. The number of fused-ring (bicyclic) bond motifs is 1. The molecule has 7 nitrogen and oxygen atoms in total. The van der Waals surface area contributed by atoms with E-state index in [1.54, 1.807) is 24.3 Å². The molecule has 2 atom stereocenters. The highest BCUT2D eigenvalue weighted by Crippen LogP contribution is 2.33. The van der Waals surface area contributed by atoms with Crippen molar-refractivity contribution in [2.75, 3.05) is 11.9 Å². The van der Waals surface area contributed by atoms with Gasteiger partial charge >= 0.3 is 0 Å². The Morgan fingerprint density at radius 2 is 2.16 bits per heavy atom. The highest BCUT2D eigenvalue weighted by molar-refractivity contribution is 7.19. The summed E-state index contributed by atoms with van der Waals surface area (Å²) < 4.78 is 19.2. The number of thiophene rings is 1. The van der Waals surface area contributed by atoms with Crippen molar-refractivity contribution in [1.82, 2.24) is 20.6 Å². The quantitative estimate of drug-likeness (QED) is 0.267. The summed E-state index contributed by atoms with van der Waals surface area (Å²) in [5, 5.41) is 10.9. The molecule has 0 saturated carbocycles. The minimum atomic E-state index is -0.309. The van der Waals surface area contributed by atoms with Crippen molar-refractivity contribution in [3.8, 4) is 17.6 Å². The summed E-state index contributed by atoms with van der Waals surface area (Å²) in [7, 11) is 0. The van der Waals surface area contributed by atoms with E-state index in [2.05, 4.69) is 37.8 Å². The van der Waals surface area contributed by atoms with Gasteiger partial charge in [-0.05, 0) is 48.4 Å². The molecule has 0 radical (unpaired) electrons. The zero-order valence-corrected chi connectivity index (χ0v) is 22.1. The van der Waals surface area contributed by atoms with Crippen molar-refractivity contribution in [1.29, 1.82) is 0 Å². The first-order valence-electron chi connectivity index (χ1n) is 12.2. The van der Waals surface area contributed by atoms with Gasteiger partial charge in [-0.1, -0.05) is 42.5 Å². The van der Waals surface area contributed by atoms with Gasteiger partial charge in [-0.15, -0.1) is 11.3 Å². The van der Waals surface area contributed by atoms with Gasteiger partial charge in [-0.3, -0.25) is 4.79 Å². The number of halogens is 2. The van der Waals surface area contributed by atoms with E-state index in [0.717, 1.165) is 32.8 Å². The average Bonchev–Trinajstić information content (AvgIpc) is 3.54. The van der Waals surface area contributed by atoms with E-state index >= 15 is 0 Å². The number of nitrogens with one attached hydrogen (secondary N) is 3. The number of hydrogen-bond acceptors (Lipinski definition) is 7. The largest absolute Gasteiger partial charge is 0.487 e. The maximum Gasteiger partial charge on any atom is 0.219 e. The maximum atomic E-state index is 13.4. The summed E-state index contributed by atoms with van der Waals surface area (Å²) in [5.41, 5.74) is 1.46. The highest BCUT2D eigenvalue weighted by atomic mass is 35.5. The van der Waals surface area contributed by atoms with Gasteiger partial charge in [-0.25, -0.2) is 14.4 Å². The fraction of sp³-hybridized carbons (Fsp3) is 0.250. The van der Waals surface area contributed by atoms with Crippen LogP contribution in [0.4, 0.5) is 15.9 Å². The molecule has 3 N–H and O–H groups in total. The standard InChI is InChI=1S/C28H25ClFN5O2S/c1-2-26(36)34-21-11-19(31-14-21)6-8-22-13-23-27(32-16-33-28(23)38-22)35-20-7-9-25(24(29)12-20)37-15-17-4-3-5-18(30)10-17/h3-5,7,9-10,12-13,16,19,21,31H,2,11,14-15H2,1H3,(H,34,36)(H,32,33,35)/t19-,21+/m0/s1. The predicted molar refractivity (Wildman–Crippen MR) is 148 cm³/mol. The Labute approximate surface area is 228 Å². The van der Waals surface area contributed by atoms with Gasteiger partial charge in [0.2, 0.25) is 5.91 Å². The van der Waals surface area contributed by atoms with Crippen LogP contribution in [0.2, 0.25) is 5.02 Å². The SMILES string of the molecule is CCC(=O)N[C@H]1CN[C@@H](C#Cc2cc3c(Nc4ccc(OCc5cccc(F)c5)c(Cl)c4)ncnc3s2)C1. The molecule has 38 heavy (non-hydrogen) atoms. The minimum Gasteiger partial charge on any atom is -0.487 e. The molecule has 2 aromatic carbocycles. The number of hydrogen-bond donors (Lipinski definition) is 3. The summed E-state index contributed by atoms with van der Waals surface area (Å²) in [6.07, 6.45) is 2.77. The van der Waals surface area contributed by atoms with E-state index in [0.29, 0.717) is 29.6 Å². The van der Waals surface area contributed by atoms with Crippen LogP contribution in [0.3, 0.4) is 0 Å². The molecule has 3 heterocycles. The molecule has 5 rings (SSSR count). The van der Waals surface area contributed by atoms with Crippen molar-refractivity contribution in [3.05, 3.63) is 76.1 Å². The number of aromatic nitrogens is 2. The second-order valence-corrected chi connectivity index (χ2v) is 10.3. The number of amides is 1. The minimum absolute atomic E-state index is 0.0230. The normalized spacial score (nSPS) is 16.6. The second kappa shape index (κ2) is 11.8. The van der Waals surface area contributed by atoms with Gasteiger partial charge in [0.05, 0.1) is 21.3 Å². The highest BCUT2D eigenvalue weighted by Gasteiger charge is 2.23. The molecule has 2 aromatic heterocycles. The van der Waals surface area contributed by atoms with Gasteiger partial charge in [-0.2, -0.15) is 0 Å². The molecule has 1 fully saturated rings. The fourth-order valence-corrected chi connectivity index (χ4v) is 5.18. The predicted octanol–water partition coefficient (Wildman–Crippen LogP) is 5.41. The number of benzene rings is 2. The molecule has 194 valence electrons.